The van der Waals surface area contributed by atoms with Gasteiger partial charge in [-0.15, -0.1) is 12.4 Å². The highest BCUT2D eigenvalue weighted by Gasteiger charge is 2.24. The molecule has 1 amide bonds. The molecule has 0 saturated carbocycles. The van der Waals surface area contributed by atoms with Gasteiger partial charge in [0, 0.05) is 5.92 Å². The van der Waals surface area contributed by atoms with Crippen LogP contribution in [0.5, 0.6) is 0 Å². The van der Waals surface area contributed by atoms with E-state index in [9.17, 15) is 9.59 Å². The highest BCUT2D eigenvalue weighted by Crippen LogP contribution is 2.11. The van der Waals surface area contributed by atoms with Gasteiger partial charge in [-0.25, -0.2) is 4.79 Å². The summed E-state index contributed by atoms with van der Waals surface area (Å²) in [4.78, 5) is 22.8. The van der Waals surface area contributed by atoms with Gasteiger partial charge >= 0.3 is 5.97 Å². The summed E-state index contributed by atoms with van der Waals surface area (Å²) in [6.07, 6.45) is 1.67. The minimum absolute atomic E-state index is 0. The minimum Gasteiger partial charge on any atom is -0.467 e. The zero-order valence-electron chi connectivity index (χ0n) is 9.62. The van der Waals surface area contributed by atoms with Crippen molar-refractivity contribution in [2.24, 2.45) is 5.92 Å². The van der Waals surface area contributed by atoms with Gasteiger partial charge in [0.25, 0.3) is 0 Å². The maximum Gasteiger partial charge on any atom is 0.328 e. The molecule has 0 aliphatic carbocycles. The van der Waals surface area contributed by atoms with Gasteiger partial charge in [-0.2, -0.15) is 0 Å². The predicted octanol–water partition coefficient (Wildman–Crippen LogP) is 0.0855. The number of esters is 1. The lowest BCUT2D eigenvalue weighted by Crippen LogP contribution is -2.44. The molecule has 94 valence electrons. The molecule has 2 N–H and O–H groups in total. The van der Waals surface area contributed by atoms with Crippen LogP contribution in [-0.4, -0.2) is 38.1 Å². The van der Waals surface area contributed by atoms with Crippen molar-refractivity contribution in [2.45, 2.75) is 25.8 Å². The number of hydrogen-bond acceptors (Lipinski definition) is 4. The van der Waals surface area contributed by atoms with Crippen LogP contribution in [0.4, 0.5) is 0 Å². The first-order valence-electron chi connectivity index (χ1n) is 5.24. The van der Waals surface area contributed by atoms with Crippen molar-refractivity contribution in [1.29, 1.82) is 0 Å². The quantitative estimate of drug-likeness (QED) is 0.697. The lowest BCUT2D eigenvalue weighted by molar-refractivity contribution is -0.145. The van der Waals surface area contributed by atoms with Crippen molar-refractivity contribution in [3.8, 4) is 0 Å². The molecule has 1 aliphatic heterocycles. The third-order valence-electron chi connectivity index (χ3n) is 2.62. The maximum atomic E-state index is 11.7. The highest BCUT2D eigenvalue weighted by molar-refractivity contribution is 5.85. The molecule has 1 atom stereocenters. The molecule has 0 aromatic carbocycles. The third kappa shape index (κ3) is 4.37. The lowest BCUT2D eigenvalue weighted by atomic mass is 9.97. The van der Waals surface area contributed by atoms with Crippen LogP contribution in [0.15, 0.2) is 0 Å². The molecule has 1 heterocycles. The van der Waals surface area contributed by atoms with Gasteiger partial charge in [-0.05, 0) is 32.9 Å². The zero-order chi connectivity index (χ0) is 11.3. The average Bonchev–Trinajstić information content (AvgIpc) is 2.29. The van der Waals surface area contributed by atoms with E-state index in [1.807, 2.05) is 0 Å². The standard InChI is InChI=1S/C10H18N2O3.ClH/c1-7(10(14)15-2)12-9(13)8-3-5-11-6-4-8;/h7-8,11H,3-6H2,1-2H3,(H,12,13);1H/t7-;/m1./s1. The van der Waals surface area contributed by atoms with Crippen LogP contribution in [0, 0.1) is 5.92 Å². The van der Waals surface area contributed by atoms with E-state index in [1.54, 1.807) is 6.92 Å². The molecule has 1 fully saturated rings. The van der Waals surface area contributed by atoms with Crippen LogP contribution in [-0.2, 0) is 14.3 Å². The fraction of sp³-hybridized carbons (Fsp3) is 0.800. The summed E-state index contributed by atoms with van der Waals surface area (Å²) in [6, 6.07) is -0.558. The molecule has 0 unspecified atom stereocenters. The molecule has 0 spiro atoms. The van der Waals surface area contributed by atoms with E-state index in [4.69, 9.17) is 0 Å². The number of hydrogen-bond donors (Lipinski definition) is 2. The van der Waals surface area contributed by atoms with Gasteiger partial charge in [-0.3, -0.25) is 4.79 Å². The van der Waals surface area contributed by atoms with Crippen LogP contribution in [0.3, 0.4) is 0 Å². The van der Waals surface area contributed by atoms with Gasteiger partial charge in [-0.1, -0.05) is 0 Å². The van der Waals surface area contributed by atoms with Gasteiger partial charge < -0.3 is 15.4 Å². The maximum absolute atomic E-state index is 11.7. The van der Waals surface area contributed by atoms with Crippen molar-refractivity contribution >= 4 is 24.3 Å². The van der Waals surface area contributed by atoms with Crippen LogP contribution in [0.2, 0.25) is 0 Å². The first-order valence-corrected chi connectivity index (χ1v) is 5.24. The number of rotatable bonds is 3. The second-order valence-electron chi connectivity index (χ2n) is 3.78. The second kappa shape index (κ2) is 7.46. The van der Waals surface area contributed by atoms with Gasteiger partial charge in [0.15, 0.2) is 0 Å². The average molecular weight is 251 g/mol. The Kier molecular flexibility index (Phi) is 7.08. The topological polar surface area (TPSA) is 67.4 Å². The summed E-state index contributed by atoms with van der Waals surface area (Å²) < 4.78 is 4.53. The van der Waals surface area contributed by atoms with E-state index in [0.29, 0.717) is 0 Å². The fourth-order valence-corrected chi connectivity index (χ4v) is 1.65. The first-order chi connectivity index (χ1) is 7.15. The molecular formula is C10H19ClN2O3. The number of carbonyl (C=O) groups excluding carboxylic acids is 2. The predicted molar refractivity (Wildman–Crippen MR) is 62.5 cm³/mol. The summed E-state index contributed by atoms with van der Waals surface area (Å²) in [5.74, 6) is -0.426. The van der Waals surface area contributed by atoms with E-state index >= 15 is 0 Å². The highest BCUT2D eigenvalue weighted by atomic mass is 35.5. The smallest absolute Gasteiger partial charge is 0.328 e. The number of piperidine rings is 1. The molecule has 1 aliphatic rings. The lowest BCUT2D eigenvalue weighted by Gasteiger charge is -2.23. The van der Waals surface area contributed by atoms with E-state index in [0.717, 1.165) is 25.9 Å². The third-order valence-corrected chi connectivity index (χ3v) is 2.62. The Labute approximate surface area is 102 Å². The van der Waals surface area contributed by atoms with E-state index < -0.39 is 12.0 Å². The second-order valence-corrected chi connectivity index (χ2v) is 3.78. The number of methoxy groups -OCH3 is 1. The number of amides is 1. The van der Waals surface area contributed by atoms with E-state index in [2.05, 4.69) is 15.4 Å². The summed E-state index contributed by atoms with van der Waals surface area (Å²) >= 11 is 0. The molecule has 0 aromatic heterocycles. The molecule has 0 bridgehead atoms. The van der Waals surface area contributed by atoms with Crippen molar-refractivity contribution in [3.63, 3.8) is 0 Å². The monoisotopic (exact) mass is 250 g/mol. The van der Waals surface area contributed by atoms with Crippen molar-refractivity contribution in [1.82, 2.24) is 10.6 Å². The Hall–Kier alpha value is -0.810. The Morgan fingerprint density at radius 1 is 1.38 bits per heavy atom. The normalized spacial score (nSPS) is 18.1. The first kappa shape index (κ1) is 15.2. The Morgan fingerprint density at radius 3 is 2.44 bits per heavy atom. The van der Waals surface area contributed by atoms with Gasteiger partial charge in [0.05, 0.1) is 7.11 Å². The number of carbonyl (C=O) groups is 2. The zero-order valence-corrected chi connectivity index (χ0v) is 10.4. The Morgan fingerprint density at radius 2 is 1.94 bits per heavy atom. The molecular weight excluding hydrogens is 232 g/mol. The van der Waals surface area contributed by atoms with Crippen molar-refractivity contribution < 1.29 is 14.3 Å². The summed E-state index contributed by atoms with van der Waals surface area (Å²) in [5, 5.41) is 5.84. The van der Waals surface area contributed by atoms with Crippen LogP contribution in [0.1, 0.15) is 19.8 Å². The van der Waals surface area contributed by atoms with Crippen molar-refractivity contribution in [3.05, 3.63) is 0 Å². The SMILES string of the molecule is COC(=O)[C@@H](C)NC(=O)C1CCNCC1.Cl. The minimum atomic E-state index is -0.558. The molecule has 16 heavy (non-hydrogen) atoms. The number of halogens is 1. The molecule has 0 aromatic rings. The summed E-state index contributed by atoms with van der Waals surface area (Å²) in [7, 11) is 1.31. The Balaban J connectivity index is 0.00000225. The summed E-state index contributed by atoms with van der Waals surface area (Å²) in [6.45, 7) is 3.36. The fourth-order valence-electron chi connectivity index (χ4n) is 1.65. The molecule has 1 rings (SSSR count). The number of ether oxygens (including phenoxy) is 1. The molecule has 0 radical (unpaired) electrons. The van der Waals surface area contributed by atoms with Crippen LogP contribution in [0.25, 0.3) is 0 Å². The number of nitrogens with one attached hydrogen (secondary N) is 2. The van der Waals surface area contributed by atoms with Crippen molar-refractivity contribution in [2.75, 3.05) is 20.2 Å². The van der Waals surface area contributed by atoms with E-state index in [-0.39, 0.29) is 24.2 Å². The molecule has 5 nitrogen and oxygen atoms in total. The summed E-state index contributed by atoms with van der Waals surface area (Å²) in [5.41, 5.74) is 0. The van der Waals surface area contributed by atoms with Gasteiger partial charge in [0.1, 0.15) is 6.04 Å². The van der Waals surface area contributed by atoms with Crippen LogP contribution < -0.4 is 10.6 Å². The largest absolute Gasteiger partial charge is 0.467 e. The molecule has 6 heteroatoms. The van der Waals surface area contributed by atoms with Gasteiger partial charge in [0.2, 0.25) is 5.91 Å². The van der Waals surface area contributed by atoms with E-state index in [1.165, 1.54) is 7.11 Å². The van der Waals surface area contributed by atoms with Crippen LogP contribution >= 0.6 is 12.4 Å². The molecule has 1 saturated heterocycles. The Bertz CT molecular complexity index is 242.